The summed E-state index contributed by atoms with van der Waals surface area (Å²) in [4.78, 5) is 13.0. The monoisotopic (exact) mass is 307 g/mol. The minimum absolute atomic E-state index is 0.198. The summed E-state index contributed by atoms with van der Waals surface area (Å²) in [6.07, 6.45) is 4.19. The van der Waals surface area contributed by atoms with Crippen LogP contribution in [0.4, 0.5) is 0 Å². The molecule has 0 aliphatic heterocycles. The van der Waals surface area contributed by atoms with Gasteiger partial charge in [0, 0.05) is 6.54 Å². The topological polar surface area (TPSA) is 29.1 Å². The molecule has 1 N–H and O–H groups in total. The molecule has 1 unspecified atom stereocenters. The first kappa shape index (κ1) is 15.8. The normalized spacial score (nSPS) is 17.6. The lowest BCUT2D eigenvalue weighted by Crippen LogP contribution is -2.43. The highest BCUT2D eigenvalue weighted by Gasteiger charge is 2.42. The van der Waals surface area contributed by atoms with Crippen LogP contribution in [0.2, 0.25) is 0 Å². The third-order valence-corrected chi connectivity index (χ3v) is 5.16. The van der Waals surface area contributed by atoms with Gasteiger partial charge in [0.05, 0.1) is 5.41 Å². The largest absolute Gasteiger partial charge is 0.355 e. The van der Waals surface area contributed by atoms with Crippen molar-refractivity contribution in [3.05, 3.63) is 71.8 Å². The Hall–Kier alpha value is -2.09. The third kappa shape index (κ3) is 3.31. The summed E-state index contributed by atoms with van der Waals surface area (Å²) in [6.45, 7) is 2.86. The van der Waals surface area contributed by atoms with Crippen molar-refractivity contribution in [1.29, 1.82) is 0 Å². The SMILES string of the molecule is CC(CNC(=O)C1(c2ccccc2)CCCC1)c1ccccc1. The summed E-state index contributed by atoms with van der Waals surface area (Å²) in [5.41, 5.74) is 2.12. The number of hydrogen-bond acceptors (Lipinski definition) is 1. The van der Waals surface area contributed by atoms with Crippen LogP contribution >= 0.6 is 0 Å². The van der Waals surface area contributed by atoms with E-state index in [1.54, 1.807) is 0 Å². The van der Waals surface area contributed by atoms with Crippen LogP contribution < -0.4 is 5.32 Å². The van der Waals surface area contributed by atoms with E-state index in [9.17, 15) is 4.79 Å². The molecule has 0 spiro atoms. The van der Waals surface area contributed by atoms with Crippen molar-refractivity contribution in [1.82, 2.24) is 5.32 Å². The molecule has 0 saturated heterocycles. The van der Waals surface area contributed by atoms with Crippen LogP contribution in [-0.2, 0) is 10.2 Å². The van der Waals surface area contributed by atoms with Gasteiger partial charge in [-0.15, -0.1) is 0 Å². The van der Waals surface area contributed by atoms with Crippen LogP contribution in [-0.4, -0.2) is 12.5 Å². The van der Waals surface area contributed by atoms with E-state index >= 15 is 0 Å². The van der Waals surface area contributed by atoms with E-state index in [1.165, 1.54) is 11.1 Å². The molecular weight excluding hydrogens is 282 g/mol. The fraction of sp³-hybridized carbons (Fsp3) is 0.381. The molecule has 1 atom stereocenters. The van der Waals surface area contributed by atoms with Gasteiger partial charge in [-0.3, -0.25) is 4.79 Å². The molecule has 3 rings (SSSR count). The molecule has 2 aromatic rings. The summed E-state index contributed by atoms with van der Waals surface area (Å²) >= 11 is 0. The fourth-order valence-corrected chi connectivity index (χ4v) is 3.70. The van der Waals surface area contributed by atoms with Crippen molar-refractivity contribution in [2.45, 2.75) is 43.9 Å². The quantitative estimate of drug-likeness (QED) is 0.870. The van der Waals surface area contributed by atoms with Gasteiger partial charge in [0.25, 0.3) is 0 Å². The molecule has 23 heavy (non-hydrogen) atoms. The first-order valence-corrected chi connectivity index (χ1v) is 8.61. The number of carbonyl (C=O) groups excluding carboxylic acids is 1. The molecule has 2 nitrogen and oxygen atoms in total. The Bertz CT molecular complexity index is 629. The maximum atomic E-state index is 13.0. The van der Waals surface area contributed by atoms with Crippen LogP contribution in [0.1, 0.15) is 49.7 Å². The van der Waals surface area contributed by atoms with Gasteiger partial charge in [0.1, 0.15) is 0 Å². The standard InChI is InChI=1S/C21H25NO/c1-17(18-10-4-2-5-11-18)16-22-20(23)21(14-8-9-15-21)19-12-6-3-7-13-19/h2-7,10-13,17H,8-9,14-16H2,1H3,(H,22,23). The minimum atomic E-state index is -0.322. The average Bonchev–Trinajstić information content (AvgIpc) is 3.12. The minimum Gasteiger partial charge on any atom is -0.355 e. The molecular formula is C21H25NO. The zero-order valence-corrected chi connectivity index (χ0v) is 13.8. The maximum absolute atomic E-state index is 13.0. The second-order valence-corrected chi connectivity index (χ2v) is 6.68. The molecule has 1 amide bonds. The van der Waals surface area contributed by atoms with Crippen molar-refractivity contribution in [2.75, 3.05) is 6.54 Å². The first-order chi connectivity index (χ1) is 11.2. The average molecular weight is 307 g/mol. The molecule has 0 aromatic heterocycles. The van der Waals surface area contributed by atoms with E-state index in [0.29, 0.717) is 12.5 Å². The fourth-order valence-electron chi connectivity index (χ4n) is 3.70. The van der Waals surface area contributed by atoms with Crippen molar-refractivity contribution in [2.24, 2.45) is 0 Å². The molecule has 2 heteroatoms. The van der Waals surface area contributed by atoms with Crippen LogP contribution in [0.5, 0.6) is 0 Å². The summed E-state index contributed by atoms with van der Waals surface area (Å²) in [6, 6.07) is 20.7. The lowest BCUT2D eigenvalue weighted by Gasteiger charge is -2.29. The summed E-state index contributed by atoms with van der Waals surface area (Å²) < 4.78 is 0. The van der Waals surface area contributed by atoms with Gasteiger partial charge in [-0.05, 0) is 29.9 Å². The van der Waals surface area contributed by atoms with Crippen molar-refractivity contribution in [3.8, 4) is 0 Å². The number of carbonyl (C=O) groups is 1. The highest BCUT2D eigenvalue weighted by Crippen LogP contribution is 2.41. The predicted molar refractivity (Wildman–Crippen MR) is 94.5 cm³/mol. The van der Waals surface area contributed by atoms with Crippen LogP contribution in [0.25, 0.3) is 0 Å². The molecule has 120 valence electrons. The molecule has 1 aliphatic rings. The van der Waals surface area contributed by atoms with Crippen molar-refractivity contribution < 1.29 is 4.79 Å². The van der Waals surface area contributed by atoms with E-state index in [2.05, 4.69) is 48.6 Å². The van der Waals surface area contributed by atoms with Gasteiger partial charge >= 0.3 is 0 Å². The van der Waals surface area contributed by atoms with Gasteiger partial charge in [-0.1, -0.05) is 80.4 Å². The third-order valence-electron chi connectivity index (χ3n) is 5.16. The van der Waals surface area contributed by atoms with Gasteiger partial charge < -0.3 is 5.32 Å². The van der Waals surface area contributed by atoms with E-state index in [-0.39, 0.29) is 11.3 Å². The Morgan fingerprint density at radius 2 is 1.57 bits per heavy atom. The van der Waals surface area contributed by atoms with E-state index in [0.717, 1.165) is 25.7 Å². The molecule has 1 aliphatic carbocycles. The Balaban J connectivity index is 1.71. The number of rotatable bonds is 5. The van der Waals surface area contributed by atoms with E-state index in [1.807, 2.05) is 24.3 Å². The van der Waals surface area contributed by atoms with Crippen LogP contribution in [0.3, 0.4) is 0 Å². The Labute approximate surface area is 138 Å². The molecule has 1 saturated carbocycles. The highest BCUT2D eigenvalue weighted by molar-refractivity contribution is 5.88. The summed E-state index contributed by atoms with van der Waals surface area (Å²) in [5.74, 6) is 0.526. The van der Waals surface area contributed by atoms with E-state index < -0.39 is 0 Å². The number of nitrogens with one attached hydrogen (secondary N) is 1. The molecule has 0 bridgehead atoms. The zero-order valence-electron chi connectivity index (χ0n) is 13.8. The molecule has 1 fully saturated rings. The van der Waals surface area contributed by atoms with Crippen LogP contribution in [0, 0.1) is 0 Å². The lowest BCUT2D eigenvalue weighted by molar-refractivity contribution is -0.126. The smallest absolute Gasteiger partial charge is 0.230 e. The van der Waals surface area contributed by atoms with E-state index in [4.69, 9.17) is 0 Å². The van der Waals surface area contributed by atoms with Gasteiger partial charge in [0.2, 0.25) is 5.91 Å². The summed E-state index contributed by atoms with van der Waals surface area (Å²) in [7, 11) is 0. The number of benzene rings is 2. The number of hydrogen-bond donors (Lipinski definition) is 1. The second-order valence-electron chi connectivity index (χ2n) is 6.68. The van der Waals surface area contributed by atoms with Crippen molar-refractivity contribution >= 4 is 5.91 Å². The van der Waals surface area contributed by atoms with Gasteiger partial charge in [0.15, 0.2) is 0 Å². The van der Waals surface area contributed by atoms with Gasteiger partial charge in [-0.25, -0.2) is 0 Å². The number of amides is 1. The molecule has 2 aromatic carbocycles. The Kier molecular flexibility index (Phi) is 4.80. The Morgan fingerprint density at radius 1 is 1.00 bits per heavy atom. The molecule has 0 heterocycles. The predicted octanol–water partition coefficient (Wildman–Crippen LogP) is 4.42. The first-order valence-electron chi connectivity index (χ1n) is 8.61. The van der Waals surface area contributed by atoms with Crippen molar-refractivity contribution in [3.63, 3.8) is 0 Å². The maximum Gasteiger partial charge on any atom is 0.230 e. The molecule has 0 radical (unpaired) electrons. The summed E-state index contributed by atoms with van der Waals surface area (Å²) in [5, 5.41) is 3.22. The second kappa shape index (κ2) is 6.99. The van der Waals surface area contributed by atoms with Gasteiger partial charge in [-0.2, -0.15) is 0 Å². The van der Waals surface area contributed by atoms with Crippen LogP contribution in [0.15, 0.2) is 60.7 Å². The Morgan fingerprint density at radius 3 is 2.17 bits per heavy atom. The zero-order chi connectivity index (χ0) is 16.1. The lowest BCUT2D eigenvalue weighted by atomic mass is 9.78. The highest BCUT2D eigenvalue weighted by atomic mass is 16.2.